The van der Waals surface area contributed by atoms with Crippen molar-refractivity contribution < 1.29 is 22.4 Å². The number of fused-ring (bicyclic) bond motifs is 5. The van der Waals surface area contributed by atoms with E-state index in [1.807, 2.05) is 53.7 Å². The summed E-state index contributed by atoms with van der Waals surface area (Å²) in [6.07, 6.45) is 8.95. The van der Waals surface area contributed by atoms with Crippen LogP contribution in [0.25, 0.3) is 27.6 Å². The van der Waals surface area contributed by atoms with Crippen LogP contribution in [-0.4, -0.2) is 5.54 Å². The van der Waals surface area contributed by atoms with E-state index in [4.69, 9.17) is 5.32 Å². The molecule has 0 atom stereocenters. The van der Waals surface area contributed by atoms with Gasteiger partial charge in [-0.15, -0.1) is 16.8 Å². The summed E-state index contributed by atoms with van der Waals surface area (Å²) in [5.41, 5.74) is 12.3. The van der Waals surface area contributed by atoms with E-state index in [0.29, 0.717) is 17.3 Å². The molecule has 1 saturated heterocycles. The van der Waals surface area contributed by atoms with Gasteiger partial charge in [-0.2, -0.15) is 0 Å². The Bertz CT molecular complexity index is 1670. The first kappa shape index (κ1) is 43.9. The maximum atomic E-state index is 4.82. The van der Waals surface area contributed by atoms with Gasteiger partial charge in [0.25, 0.3) is 0 Å². The van der Waals surface area contributed by atoms with Crippen LogP contribution in [0.15, 0.2) is 91.0 Å². The second-order valence-corrected chi connectivity index (χ2v) is 16.7. The summed E-state index contributed by atoms with van der Waals surface area (Å²) in [5.74, 6) is 5.12. The van der Waals surface area contributed by atoms with Gasteiger partial charge >= 0.3 is 0 Å². The Morgan fingerprint density at radius 1 is 0.556 bits per heavy atom. The minimum atomic E-state index is 0. The molecule has 6 aliphatic rings. The van der Waals surface area contributed by atoms with Gasteiger partial charge in [0.1, 0.15) is 0 Å². The SMILES string of the molecule is CC.CC.CC.CC(C)c1cccc(C(C)C)c1N1[CH-]C2(CC1(C)C)C1CC3CC(C1)CC2C3.[Au].c1ccc2c(c1)[N-]c1ccccc1-c1ccccc1-2. The molecule has 2 aliphatic heterocycles. The molecule has 4 aliphatic carbocycles. The number of hydrogen-bond donors (Lipinski definition) is 0. The quantitative estimate of drug-likeness (QED) is 0.130. The zero-order valence-corrected chi connectivity index (χ0v) is 37.8. The van der Waals surface area contributed by atoms with Gasteiger partial charge in [0.2, 0.25) is 0 Å². The molecule has 54 heavy (non-hydrogen) atoms. The van der Waals surface area contributed by atoms with Gasteiger partial charge in [0, 0.05) is 33.6 Å². The molecule has 10 rings (SSSR count). The Morgan fingerprint density at radius 3 is 1.35 bits per heavy atom. The van der Waals surface area contributed by atoms with Crippen LogP contribution in [-0.2, 0) is 22.4 Å². The fraction of sp³-hybridized carbons (Fsp3) is 0.510. The molecule has 1 spiro atoms. The maximum Gasteiger partial charge on any atom is 0.0145 e. The second-order valence-electron chi connectivity index (χ2n) is 16.7. The first-order valence-electron chi connectivity index (χ1n) is 21.4. The molecular formula is C51H70AuN2-2. The van der Waals surface area contributed by atoms with Crippen molar-refractivity contribution in [3.63, 3.8) is 0 Å². The number of nitrogens with zero attached hydrogens (tertiary/aromatic N) is 2. The summed E-state index contributed by atoms with van der Waals surface area (Å²) in [5, 5.41) is 4.82. The number of hydrogen-bond acceptors (Lipinski definition) is 1. The molecular weight excluding hydrogens is 838 g/mol. The fourth-order valence-corrected chi connectivity index (χ4v) is 10.7. The molecule has 4 bridgehead atoms. The summed E-state index contributed by atoms with van der Waals surface area (Å²) in [4.78, 5) is 2.78. The topological polar surface area (TPSA) is 17.3 Å². The molecule has 0 N–H and O–H groups in total. The van der Waals surface area contributed by atoms with Crippen molar-refractivity contribution in [1.82, 2.24) is 0 Å². The molecule has 2 nitrogen and oxygen atoms in total. The Hall–Kier alpha value is -2.78. The maximum absolute atomic E-state index is 4.82. The van der Waals surface area contributed by atoms with Crippen molar-refractivity contribution in [1.29, 1.82) is 0 Å². The minimum absolute atomic E-state index is 0. The molecule has 5 fully saturated rings. The summed E-state index contributed by atoms with van der Waals surface area (Å²) in [6.45, 7) is 29.3. The predicted molar refractivity (Wildman–Crippen MR) is 234 cm³/mol. The van der Waals surface area contributed by atoms with Gasteiger partial charge < -0.3 is 10.2 Å². The Balaban J connectivity index is 0.000000219. The molecule has 1 radical (unpaired) electrons. The Kier molecular flexibility index (Phi) is 15.4. The molecule has 0 amide bonds. The molecule has 4 saturated carbocycles. The first-order chi connectivity index (χ1) is 25.6. The number of para-hydroxylation sites is 3. The summed E-state index contributed by atoms with van der Waals surface area (Å²) < 4.78 is 0. The van der Waals surface area contributed by atoms with Crippen LogP contribution in [0.4, 0.5) is 17.1 Å². The van der Waals surface area contributed by atoms with E-state index >= 15 is 0 Å². The largest absolute Gasteiger partial charge is 0.657 e. The normalized spacial score (nSPS) is 24.3. The van der Waals surface area contributed by atoms with E-state index < -0.39 is 0 Å². The van der Waals surface area contributed by atoms with Crippen LogP contribution >= 0.6 is 0 Å². The standard InChI is InChI=1S/C27H40N.C18H12N.3C2H6.Au/c1-17(2)23-8-7-9-24(18(3)4)25(23)28-16-27(15-26(28,5)6)21-11-19-10-20(13-21)14-22(27)12-19;1-2-8-14-13(7-1)15-9-3-5-11-17(15)19-18-12-6-4-10-16(14)18;3*1-2;/h7-9,16-22H,10-15H2,1-6H3;1-12H;3*1-2H3;/q2*-1;;;;. The average molecular weight is 908 g/mol. The van der Waals surface area contributed by atoms with E-state index in [0.717, 1.165) is 35.0 Å². The predicted octanol–water partition coefficient (Wildman–Crippen LogP) is 16.3. The molecule has 2 heterocycles. The van der Waals surface area contributed by atoms with Crippen LogP contribution in [0.2, 0.25) is 0 Å². The summed E-state index contributed by atoms with van der Waals surface area (Å²) >= 11 is 0. The van der Waals surface area contributed by atoms with Gasteiger partial charge in [0.05, 0.1) is 0 Å². The first-order valence-corrected chi connectivity index (χ1v) is 21.4. The van der Waals surface area contributed by atoms with E-state index in [9.17, 15) is 0 Å². The third kappa shape index (κ3) is 8.33. The van der Waals surface area contributed by atoms with Crippen molar-refractivity contribution in [3.05, 3.63) is 114 Å². The van der Waals surface area contributed by atoms with Crippen molar-refractivity contribution in [3.8, 4) is 22.3 Å². The molecule has 0 aromatic heterocycles. The van der Waals surface area contributed by atoms with Crippen LogP contribution in [0.5, 0.6) is 0 Å². The van der Waals surface area contributed by atoms with Crippen LogP contribution in [0.1, 0.15) is 145 Å². The van der Waals surface area contributed by atoms with Crippen molar-refractivity contribution in [2.45, 2.75) is 139 Å². The Labute approximate surface area is 346 Å². The summed E-state index contributed by atoms with van der Waals surface area (Å²) in [7, 11) is 0. The average Bonchev–Trinajstić information content (AvgIpc) is 3.38. The van der Waals surface area contributed by atoms with E-state index in [2.05, 4.69) is 132 Å². The van der Waals surface area contributed by atoms with Crippen LogP contribution in [0.3, 0.4) is 0 Å². The van der Waals surface area contributed by atoms with Gasteiger partial charge in [0.15, 0.2) is 0 Å². The van der Waals surface area contributed by atoms with E-state index in [-0.39, 0.29) is 27.9 Å². The van der Waals surface area contributed by atoms with E-state index in [1.54, 1.807) is 12.1 Å². The van der Waals surface area contributed by atoms with E-state index in [1.165, 1.54) is 65.5 Å². The van der Waals surface area contributed by atoms with Crippen molar-refractivity contribution in [2.24, 2.45) is 29.1 Å². The minimum Gasteiger partial charge on any atom is -0.657 e. The molecule has 4 aromatic carbocycles. The van der Waals surface area contributed by atoms with Crippen molar-refractivity contribution in [2.75, 3.05) is 4.90 Å². The third-order valence-corrected chi connectivity index (χ3v) is 12.6. The molecule has 297 valence electrons. The van der Waals surface area contributed by atoms with Crippen molar-refractivity contribution >= 4 is 17.1 Å². The monoisotopic (exact) mass is 908 g/mol. The third-order valence-electron chi connectivity index (χ3n) is 12.6. The van der Waals surface area contributed by atoms with Crippen LogP contribution in [0, 0.1) is 35.6 Å². The Morgan fingerprint density at radius 2 is 0.944 bits per heavy atom. The molecule has 3 heteroatoms. The zero-order chi connectivity index (χ0) is 38.5. The zero-order valence-electron chi connectivity index (χ0n) is 35.6. The molecule has 4 aromatic rings. The summed E-state index contributed by atoms with van der Waals surface area (Å²) in [6, 6.07) is 32.2. The molecule has 0 unspecified atom stereocenters. The smallest absolute Gasteiger partial charge is 0.0145 e. The van der Waals surface area contributed by atoms with Gasteiger partial charge in [-0.3, -0.25) is 0 Å². The fourth-order valence-electron chi connectivity index (χ4n) is 10.7. The van der Waals surface area contributed by atoms with Gasteiger partial charge in [-0.05, 0) is 103 Å². The van der Waals surface area contributed by atoms with Crippen LogP contribution < -0.4 is 4.90 Å². The number of rotatable bonds is 3. The van der Waals surface area contributed by atoms with Gasteiger partial charge in [-0.25, -0.2) is 6.54 Å². The number of benzene rings is 4. The second kappa shape index (κ2) is 18.9. The van der Waals surface area contributed by atoms with Gasteiger partial charge in [-0.1, -0.05) is 178 Å². The number of anilines is 1.